The molecule has 0 heterocycles. The maximum absolute atomic E-state index is 12.1. The van der Waals surface area contributed by atoms with Crippen molar-refractivity contribution in [3.05, 3.63) is 22.7 Å². The Bertz CT molecular complexity index is 543. The fourth-order valence-corrected chi connectivity index (χ4v) is 2.57. The Hall–Kier alpha value is -0.960. The highest BCUT2D eigenvalue weighted by atomic mass is 35.5. The molecule has 5 nitrogen and oxygen atoms in total. The van der Waals surface area contributed by atoms with Crippen molar-refractivity contribution in [2.24, 2.45) is 0 Å². The van der Waals surface area contributed by atoms with Crippen LogP contribution in [0.25, 0.3) is 0 Å². The first-order valence-corrected chi connectivity index (χ1v) is 7.02. The second kappa shape index (κ2) is 6.00. The number of nitrogens with two attached hydrogens (primary N) is 1. The van der Waals surface area contributed by atoms with Crippen molar-refractivity contribution in [1.82, 2.24) is 4.72 Å². The van der Waals surface area contributed by atoms with Gasteiger partial charge in [0.05, 0.1) is 15.6 Å². The van der Waals surface area contributed by atoms with E-state index in [1.807, 2.05) is 4.72 Å². The number of aryl methyl sites for hydroxylation is 1. The standard InChI is InChI=1S/C10H13ClF2N2O3S/c1-5-2-6(3-7(14)9(5)11)19(17,18)15-4-8(16)10(12)13/h2-3,8,10,15-16H,4,14H2,1H3. The van der Waals surface area contributed by atoms with Crippen molar-refractivity contribution in [3.63, 3.8) is 0 Å². The van der Waals surface area contributed by atoms with E-state index in [1.165, 1.54) is 6.07 Å². The van der Waals surface area contributed by atoms with E-state index >= 15 is 0 Å². The summed E-state index contributed by atoms with van der Waals surface area (Å²) in [6.45, 7) is 0.771. The lowest BCUT2D eigenvalue weighted by molar-refractivity contribution is -0.000451. The average Bonchev–Trinajstić information content (AvgIpc) is 2.32. The van der Waals surface area contributed by atoms with Crippen molar-refractivity contribution in [1.29, 1.82) is 0 Å². The minimum absolute atomic E-state index is 0.0662. The first kappa shape index (κ1) is 16.1. The summed E-state index contributed by atoms with van der Waals surface area (Å²) in [4.78, 5) is -0.201. The van der Waals surface area contributed by atoms with E-state index in [2.05, 4.69) is 0 Å². The molecule has 19 heavy (non-hydrogen) atoms. The molecule has 0 radical (unpaired) electrons. The number of aliphatic hydroxyl groups is 1. The first-order valence-electron chi connectivity index (χ1n) is 5.16. The van der Waals surface area contributed by atoms with E-state index in [0.717, 1.165) is 6.07 Å². The fourth-order valence-electron chi connectivity index (χ4n) is 1.29. The van der Waals surface area contributed by atoms with Crippen LogP contribution in [0.15, 0.2) is 17.0 Å². The van der Waals surface area contributed by atoms with Gasteiger partial charge in [-0.05, 0) is 24.6 Å². The molecule has 0 aliphatic rings. The van der Waals surface area contributed by atoms with Crippen LogP contribution < -0.4 is 10.5 Å². The highest BCUT2D eigenvalue weighted by Crippen LogP contribution is 2.26. The summed E-state index contributed by atoms with van der Waals surface area (Å²) in [5.74, 6) is 0. The van der Waals surface area contributed by atoms with Gasteiger partial charge >= 0.3 is 0 Å². The third-order valence-corrected chi connectivity index (χ3v) is 4.26. The van der Waals surface area contributed by atoms with E-state index in [4.69, 9.17) is 22.4 Å². The van der Waals surface area contributed by atoms with Gasteiger partial charge in [0.1, 0.15) is 6.10 Å². The molecule has 0 saturated heterocycles. The predicted octanol–water partition coefficient (Wildman–Crippen LogP) is 1.13. The Morgan fingerprint density at radius 2 is 2.05 bits per heavy atom. The molecule has 1 aromatic rings. The van der Waals surface area contributed by atoms with Gasteiger partial charge in [0, 0.05) is 6.54 Å². The van der Waals surface area contributed by atoms with Crippen LogP contribution in [0.5, 0.6) is 0 Å². The Kier molecular flexibility index (Phi) is 5.08. The molecule has 1 atom stereocenters. The molecule has 0 aromatic heterocycles. The van der Waals surface area contributed by atoms with Crippen molar-refractivity contribution < 1.29 is 22.3 Å². The van der Waals surface area contributed by atoms with Gasteiger partial charge < -0.3 is 10.8 Å². The monoisotopic (exact) mass is 314 g/mol. The van der Waals surface area contributed by atoms with Crippen LogP contribution in [0.1, 0.15) is 5.56 Å². The molecule has 4 N–H and O–H groups in total. The Balaban J connectivity index is 2.95. The van der Waals surface area contributed by atoms with Gasteiger partial charge in [-0.3, -0.25) is 0 Å². The van der Waals surface area contributed by atoms with Crippen LogP contribution in [0.4, 0.5) is 14.5 Å². The quantitative estimate of drug-likeness (QED) is 0.710. The topological polar surface area (TPSA) is 92.4 Å². The molecule has 1 rings (SSSR count). The third-order valence-electron chi connectivity index (χ3n) is 2.34. The van der Waals surface area contributed by atoms with Crippen LogP contribution in [-0.2, 0) is 10.0 Å². The molecule has 1 unspecified atom stereocenters. The van der Waals surface area contributed by atoms with Gasteiger partial charge in [-0.1, -0.05) is 11.6 Å². The number of nitrogen functional groups attached to an aromatic ring is 1. The van der Waals surface area contributed by atoms with E-state index in [1.54, 1.807) is 6.92 Å². The molecule has 1 aromatic carbocycles. The van der Waals surface area contributed by atoms with Gasteiger partial charge in [0.15, 0.2) is 0 Å². The van der Waals surface area contributed by atoms with Crippen LogP contribution in [-0.4, -0.2) is 32.6 Å². The van der Waals surface area contributed by atoms with Gasteiger partial charge in [0.2, 0.25) is 10.0 Å². The molecule has 0 fully saturated rings. The highest BCUT2D eigenvalue weighted by Gasteiger charge is 2.22. The molecule has 0 bridgehead atoms. The van der Waals surface area contributed by atoms with Crippen LogP contribution in [0.3, 0.4) is 0 Å². The normalized spacial score (nSPS) is 13.8. The highest BCUT2D eigenvalue weighted by molar-refractivity contribution is 7.89. The smallest absolute Gasteiger partial charge is 0.265 e. The average molecular weight is 315 g/mol. The zero-order chi connectivity index (χ0) is 14.8. The lowest BCUT2D eigenvalue weighted by Crippen LogP contribution is -2.35. The zero-order valence-corrected chi connectivity index (χ0v) is 11.5. The van der Waals surface area contributed by atoms with Gasteiger partial charge in [0.25, 0.3) is 6.43 Å². The Labute approximate surface area is 114 Å². The van der Waals surface area contributed by atoms with Crippen molar-refractivity contribution in [3.8, 4) is 0 Å². The molecule has 0 aliphatic heterocycles. The van der Waals surface area contributed by atoms with Crippen molar-refractivity contribution >= 4 is 27.3 Å². The predicted molar refractivity (Wildman–Crippen MR) is 67.8 cm³/mol. The van der Waals surface area contributed by atoms with Gasteiger partial charge in [-0.2, -0.15) is 0 Å². The number of hydrogen-bond acceptors (Lipinski definition) is 4. The number of aliphatic hydroxyl groups excluding tert-OH is 1. The third kappa shape index (κ3) is 4.00. The minimum atomic E-state index is -4.03. The number of alkyl halides is 2. The summed E-state index contributed by atoms with van der Waals surface area (Å²) in [5, 5.41) is 9.10. The minimum Gasteiger partial charge on any atom is -0.397 e. The summed E-state index contributed by atoms with van der Waals surface area (Å²) in [6.07, 6.45) is -5.10. The lowest BCUT2D eigenvalue weighted by Gasteiger charge is -2.12. The second-order valence-corrected chi connectivity index (χ2v) is 6.04. The van der Waals surface area contributed by atoms with Gasteiger partial charge in [-0.25, -0.2) is 21.9 Å². The number of anilines is 1. The molecule has 0 spiro atoms. The molecular weight excluding hydrogens is 302 g/mol. The summed E-state index contributed by atoms with van der Waals surface area (Å²) in [6, 6.07) is 2.38. The number of benzene rings is 1. The zero-order valence-electron chi connectivity index (χ0n) is 9.90. The summed E-state index contributed by atoms with van der Waals surface area (Å²) < 4.78 is 49.6. The molecular formula is C10H13ClF2N2O3S. The van der Waals surface area contributed by atoms with Crippen molar-refractivity contribution in [2.45, 2.75) is 24.3 Å². The molecule has 0 amide bonds. The summed E-state index contributed by atoms with van der Waals surface area (Å²) in [5.41, 5.74) is 6.04. The van der Waals surface area contributed by atoms with Gasteiger partial charge in [-0.15, -0.1) is 0 Å². The number of rotatable bonds is 5. The SMILES string of the molecule is Cc1cc(S(=O)(=O)NCC(O)C(F)F)cc(N)c1Cl. The molecule has 108 valence electrons. The second-order valence-electron chi connectivity index (χ2n) is 3.90. The fraction of sp³-hybridized carbons (Fsp3) is 0.400. The van der Waals surface area contributed by atoms with Crippen LogP contribution in [0.2, 0.25) is 5.02 Å². The van der Waals surface area contributed by atoms with E-state index in [0.29, 0.717) is 5.56 Å². The Morgan fingerprint density at radius 3 is 2.53 bits per heavy atom. The molecule has 0 aliphatic carbocycles. The van der Waals surface area contributed by atoms with Crippen molar-refractivity contribution in [2.75, 3.05) is 12.3 Å². The lowest BCUT2D eigenvalue weighted by atomic mass is 10.2. The maximum atomic E-state index is 12.1. The van der Waals surface area contributed by atoms with Crippen LogP contribution >= 0.6 is 11.6 Å². The number of hydrogen-bond donors (Lipinski definition) is 3. The molecule has 0 saturated carbocycles. The van der Waals surface area contributed by atoms with Crippen LogP contribution in [0, 0.1) is 6.92 Å². The number of halogens is 3. The Morgan fingerprint density at radius 1 is 1.47 bits per heavy atom. The molecule has 9 heteroatoms. The van der Waals surface area contributed by atoms with E-state index in [-0.39, 0.29) is 15.6 Å². The summed E-state index contributed by atoms with van der Waals surface area (Å²) in [7, 11) is -4.03. The largest absolute Gasteiger partial charge is 0.397 e. The number of sulfonamides is 1. The summed E-state index contributed by atoms with van der Waals surface area (Å²) >= 11 is 5.79. The van der Waals surface area contributed by atoms with E-state index < -0.39 is 29.1 Å². The number of nitrogens with one attached hydrogen (secondary N) is 1. The maximum Gasteiger partial charge on any atom is 0.265 e. The van der Waals surface area contributed by atoms with E-state index in [9.17, 15) is 17.2 Å². The first-order chi connectivity index (χ1) is 8.65.